The van der Waals surface area contributed by atoms with Crippen LogP contribution in [0, 0.1) is 0 Å². The lowest BCUT2D eigenvalue weighted by molar-refractivity contribution is 0.413. The van der Waals surface area contributed by atoms with Crippen molar-refractivity contribution in [1.82, 2.24) is 0 Å². The normalized spacial score (nSPS) is 11.5. The van der Waals surface area contributed by atoms with Gasteiger partial charge in [0.2, 0.25) is 0 Å². The molecule has 0 saturated carbocycles. The number of benzene rings is 1. The van der Waals surface area contributed by atoms with E-state index >= 15 is 0 Å². The van der Waals surface area contributed by atoms with Gasteiger partial charge < -0.3 is 14.9 Å². The molecule has 2 aromatic rings. The third-order valence-corrected chi connectivity index (χ3v) is 4.29. The first-order valence-electron chi connectivity index (χ1n) is 5.69. The summed E-state index contributed by atoms with van der Waals surface area (Å²) in [4.78, 5) is 0.206. The summed E-state index contributed by atoms with van der Waals surface area (Å²) in [5, 5.41) is 0. The lowest BCUT2D eigenvalue weighted by Crippen LogP contribution is -2.04. The van der Waals surface area contributed by atoms with Gasteiger partial charge in [-0.15, -0.1) is 0 Å². The average molecular weight is 281 g/mol. The molecule has 0 fully saturated rings. The molecule has 2 N–H and O–H groups in total. The van der Waals surface area contributed by atoms with Crippen molar-refractivity contribution in [2.45, 2.75) is 17.2 Å². The van der Waals surface area contributed by atoms with E-state index in [1.165, 1.54) is 19.2 Å². The molecule has 5 nitrogen and oxygen atoms in total. The molecule has 1 aromatic carbocycles. The summed E-state index contributed by atoms with van der Waals surface area (Å²) in [7, 11) is -1.96. The molecule has 102 valence electrons. The van der Waals surface area contributed by atoms with Crippen LogP contribution < -0.4 is 10.5 Å². The van der Waals surface area contributed by atoms with Crippen LogP contribution >= 0.6 is 0 Å². The maximum atomic E-state index is 12.2. The number of hydrogen-bond donors (Lipinski definition) is 1. The van der Waals surface area contributed by atoms with Crippen molar-refractivity contribution >= 4 is 9.84 Å². The van der Waals surface area contributed by atoms with Crippen molar-refractivity contribution in [2.24, 2.45) is 5.73 Å². The number of ether oxygens (including phenoxy) is 1. The summed E-state index contributed by atoms with van der Waals surface area (Å²) in [5.41, 5.74) is 5.42. The predicted molar refractivity (Wildman–Crippen MR) is 70.5 cm³/mol. The number of nitrogens with two attached hydrogens (primary N) is 1. The fourth-order valence-electron chi connectivity index (χ4n) is 1.67. The van der Waals surface area contributed by atoms with E-state index in [9.17, 15) is 8.42 Å². The molecule has 0 amide bonds. The summed E-state index contributed by atoms with van der Waals surface area (Å²) in [6, 6.07) is 9.65. The second-order valence-electron chi connectivity index (χ2n) is 4.01. The fourth-order valence-corrected chi connectivity index (χ4v) is 2.95. The Kier molecular flexibility index (Phi) is 3.92. The van der Waals surface area contributed by atoms with E-state index in [1.807, 2.05) is 0 Å². The van der Waals surface area contributed by atoms with Crippen LogP contribution in [0.25, 0.3) is 0 Å². The summed E-state index contributed by atoms with van der Waals surface area (Å²) >= 11 is 0. The van der Waals surface area contributed by atoms with Gasteiger partial charge in [0.15, 0.2) is 9.84 Å². The Hall–Kier alpha value is -1.79. The van der Waals surface area contributed by atoms with Gasteiger partial charge in [-0.25, -0.2) is 8.42 Å². The minimum absolute atomic E-state index is 0.194. The molecule has 0 bridgehead atoms. The van der Waals surface area contributed by atoms with Crippen LogP contribution in [-0.4, -0.2) is 15.5 Å². The van der Waals surface area contributed by atoms with Crippen LogP contribution in [0.1, 0.15) is 11.5 Å². The molecule has 0 radical (unpaired) electrons. The number of hydrogen-bond acceptors (Lipinski definition) is 5. The largest absolute Gasteiger partial charge is 0.497 e. The molecule has 0 aliphatic rings. The quantitative estimate of drug-likeness (QED) is 0.902. The second kappa shape index (κ2) is 5.46. The molecule has 1 aromatic heterocycles. The first kappa shape index (κ1) is 13.6. The van der Waals surface area contributed by atoms with Crippen LogP contribution in [-0.2, 0) is 22.1 Å². The SMILES string of the molecule is COc1cccc(S(=O)(=O)Cc2ccc(CN)o2)c1. The molecule has 2 rings (SSSR count). The first-order chi connectivity index (χ1) is 9.05. The zero-order valence-electron chi connectivity index (χ0n) is 10.5. The maximum absolute atomic E-state index is 12.2. The number of furan rings is 1. The molecule has 0 saturated heterocycles. The average Bonchev–Trinajstić information content (AvgIpc) is 2.85. The van der Waals surface area contributed by atoms with Gasteiger partial charge in [-0.2, -0.15) is 0 Å². The Bertz CT molecular complexity index is 661. The van der Waals surface area contributed by atoms with Gasteiger partial charge >= 0.3 is 0 Å². The van der Waals surface area contributed by atoms with E-state index in [0.717, 1.165) is 0 Å². The molecule has 0 aliphatic carbocycles. The summed E-state index contributed by atoms with van der Waals surface area (Å²) in [6.45, 7) is 0.249. The van der Waals surface area contributed by atoms with Crippen molar-refractivity contribution in [2.75, 3.05) is 7.11 Å². The van der Waals surface area contributed by atoms with Crippen molar-refractivity contribution in [3.05, 3.63) is 47.9 Å². The lowest BCUT2D eigenvalue weighted by Gasteiger charge is -2.05. The van der Waals surface area contributed by atoms with Gasteiger partial charge in [0.25, 0.3) is 0 Å². The van der Waals surface area contributed by atoms with Crippen LogP contribution in [0.3, 0.4) is 0 Å². The van der Waals surface area contributed by atoms with Gasteiger partial charge in [-0.1, -0.05) is 6.07 Å². The third-order valence-electron chi connectivity index (χ3n) is 2.65. The van der Waals surface area contributed by atoms with Gasteiger partial charge in [0.05, 0.1) is 18.6 Å². The van der Waals surface area contributed by atoms with Crippen LogP contribution in [0.15, 0.2) is 45.7 Å². The monoisotopic (exact) mass is 281 g/mol. The van der Waals surface area contributed by atoms with Crippen molar-refractivity contribution in [3.8, 4) is 5.75 Å². The summed E-state index contributed by atoms with van der Waals surface area (Å²) in [5.74, 6) is 1.25. The minimum atomic E-state index is -3.46. The molecule has 1 heterocycles. The van der Waals surface area contributed by atoms with Gasteiger partial charge in [0.1, 0.15) is 23.0 Å². The number of methoxy groups -OCH3 is 1. The molecular weight excluding hydrogens is 266 g/mol. The molecule has 0 unspecified atom stereocenters. The van der Waals surface area contributed by atoms with Crippen molar-refractivity contribution in [3.63, 3.8) is 0 Å². The topological polar surface area (TPSA) is 82.5 Å². The standard InChI is InChI=1S/C13H15NO4S/c1-17-10-3-2-4-13(7-10)19(15,16)9-12-6-5-11(8-14)18-12/h2-7H,8-9,14H2,1H3. The highest BCUT2D eigenvalue weighted by atomic mass is 32.2. The number of sulfone groups is 1. The molecule has 19 heavy (non-hydrogen) atoms. The van der Waals surface area contributed by atoms with E-state index in [0.29, 0.717) is 17.3 Å². The van der Waals surface area contributed by atoms with E-state index in [2.05, 4.69) is 0 Å². The highest BCUT2D eigenvalue weighted by molar-refractivity contribution is 7.90. The Morgan fingerprint density at radius 1 is 1.21 bits per heavy atom. The highest BCUT2D eigenvalue weighted by Gasteiger charge is 2.18. The fraction of sp³-hybridized carbons (Fsp3) is 0.231. The first-order valence-corrected chi connectivity index (χ1v) is 7.35. The Balaban J connectivity index is 2.26. The van der Waals surface area contributed by atoms with Gasteiger partial charge in [0, 0.05) is 0 Å². The van der Waals surface area contributed by atoms with Crippen LogP contribution in [0.2, 0.25) is 0 Å². The second-order valence-corrected chi connectivity index (χ2v) is 6.00. The smallest absolute Gasteiger partial charge is 0.185 e. The zero-order valence-corrected chi connectivity index (χ0v) is 11.3. The molecule has 0 aliphatic heterocycles. The Morgan fingerprint density at radius 2 is 1.95 bits per heavy atom. The maximum Gasteiger partial charge on any atom is 0.185 e. The van der Waals surface area contributed by atoms with E-state index in [-0.39, 0.29) is 17.2 Å². The van der Waals surface area contributed by atoms with E-state index in [1.54, 1.807) is 24.3 Å². The third kappa shape index (κ3) is 3.15. The minimum Gasteiger partial charge on any atom is -0.497 e. The molecular formula is C13H15NO4S. The highest BCUT2D eigenvalue weighted by Crippen LogP contribution is 2.21. The molecule has 0 atom stereocenters. The molecule has 0 spiro atoms. The van der Waals surface area contributed by atoms with Gasteiger partial charge in [-0.3, -0.25) is 0 Å². The Labute approximate surface area is 111 Å². The predicted octanol–water partition coefficient (Wildman–Crippen LogP) is 1.72. The summed E-state index contributed by atoms with van der Waals surface area (Å²) in [6.07, 6.45) is 0. The lowest BCUT2D eigenvalue weighted by atomic mass is 10.3. The van der Waals surface area contributed by atoms with Gasteiger partial charge in [-0.05, 0) is 30.3 Å². The van der Waals surface area contributed by atoms with Crippen molar-refractivity contribution in [1.29, 1.82) is 0 Å². The molecule has 6 heteroatoms. The summed E-state index contributed by atoms with van der Waals surface area (Å²) < 4.78 is 34.8. The zero-order chi connectivity index (χ0) is 13.9. The number of rotatable bonds is 5. The van der Waals surface area contributed by atoms with Crippen molar-refractivity contribution < 1.29 is 17.6 Å². The Morgan fingerprint density at radius 3 is 2.58 bits per heavy atom. The van der Waals surface area contributed by atoms with Crippen LogP contribution in [0.4, 0.5) is 0 Å². The van der Waals surface area contributed by atoms with Crippen LogP contribution in [0.5, 0.6) is 5.75 Å². The van der Waals surface area contributed by atoms with E-state index in [4.69, 9.17) is 14.9 Å². The van der Waals surface area contributed by atoms with E-state index < -0.39 is 9.84 Å².